The Morgan fingerprint density at radius 3 is 2.86 bits per heavy atom. The van der Waals surface area contributed by atoms with E-state index in [0.29, 0.717) is 4.47 Å². The van der Waals surface area contributed by atoms with Gasteiger partial charge in [0.1, 0.15) is 0 Å². The fourth-order valence-corrected chi connectivity index (χ4v) is 1.39. The normalized spacial score (nSPS) is 9.93. The van der Waals surface area contributed by atoms with E-state index in [2.05, 4.69) is 20.7 Å². The van der Waals surface area contributed by atoms with Gasteiger partial charge in [-0.05, 0) is 35.0 Å². The molecule has 1 aromatic carbocycles. The zero-order valence-corrected chi connectivity index (χ0v) is 8.97. The molecule has 0 saturated heterocycles. The number of rotatable bonds is 2. The van der Waals surface area contributed by atoms with E-state index in [-0.39, 0.29) is 12.2 Å². The molecule has 0 amide bonds. The lowest BCUT2D eigenvalue weighted by molar-refractivity contribution is 0.0524. The molecule has 0 spiro atoms. The summed E-state index contributed by atoms with van der Waals surface area (Å²) in [6.07, 6.45) is 0. The smallest absolute Gasteiger partial charge is 0.339 e. The van der Waals surface area contributed by atoms with Crippen molar-refractivity contribution < 1.29 is 19.0 Å². The molecule has 0 saturated carbocycles. The van der Waals surface area contributed by atoms with Gasteiger partial charge in [0.05, 0.1) is 12.2 Å². The van der Waals surface area contributed by atoms with Gasteiger partial charge in [-0.2, -0.15) is 0 Å². The summed E-state index contributed by atoms with van der Waals surface area (Å²) in [5.41, 5.74) is 0.0575. The predicted molar refractivity (Wildman–Crippen MR) is 51.7 cm³/mol. The highest BCUT2D eigenvalue weighted by Gasteiger charge is 2.14. The van der Waals surface area contributed by atoms with Crippen molar-refractivity contribution in [1.82, 2.24) is 0 Å². The molecule has 1 rings (SSSR count). The van der Waals surface area contributed by atoms with Crippen molar-refractivity contribution in [2.75, 3.05) is 6.61 Å². The van der Waals surface area contributed by atoms with Crippen molar-refractivity contribution in [2.45, 2.75) is 6.92 Å². The third-order valence-corrected chi connectivity index (χ3v) is 2.19. The molecule has 0 atom stereocenters. The van der Waals surface area contributed by atoms with Crippen LogP contribution in [0.2, 0.25) is 0 Å². The zero-order valence-electron chi connectivity index (χ0n) is 7.38. The summed E-state index contributed by atoms with van der Waals surface area (Å²) in [5.74, 6) is -1.99. The molecule has 0 aliphatic rings. The minimum Gasteiger partial charge on any atom is -0.505 e. The lowest BCUT2D eigenvalue weighted by atomic mass is 10.2. The fourth-order valence-electron chi connectivity index (χ4n) is 0.902. The maximum absolute atomic E-state index is 12.9. The Morgan fingerprint density at radius 2 is 2.29 bits per heavy atom. The van der Waals surface area contributed by atoms with E-state index in [9.17, 15) is 9.18 Å². The number of esters is 1. The quantitative estimate of drug-likeness (QED) is 0.834. The summed E-state index contributed by atoms with van der Waals surface area (Å²) in [6, 6.07) is 2.04. The van der Waals surface area contributed by atoms with Gasteiger partial charge in [0, 0.05) is 4.47 Å². The second-order valence-electron chi connectivity index (χ2n) is 2.50. The van der Waals surface area contributed by atoms with Gasteiger partial charge in [0.15, 0.2) is 11.6 Å². The Morgan fingerprint density at radius 1 is 1.64 bits per heavy atom. The van der Waals surface area contributed by atoms with Gasteiger partial charge in [-0.15, -0.1) is 0 Å². The van der Waals surface area contributed by atoms with E-state index in [0.717, 1.165) is 12.1 Å². The molecule has 1 aromatic rings. The van der Waals surface area contributed by atoms with E-state index in [1.807, 2.05) is 0 Å². The summed E-state index contributed by atoms with van der Waals surface area (Å²) in [6.45, 7) is 1.87. The Kier molecular flexibility index (Phi) is 3.46. The van der Waals surface area contributed by atoms with E-state index in [1.165, 1.54) is 0 Å². The van der Waals surface area contributed by atoms with Crippen molar-refractivity contribution >= 4 is 21.9 Å². The molecule has 14 heavy (non-hydrogen) atoms. The van der Waals surface area contributed by atoms with E-state index in [4.69, 9.17) is 5.11 Å². The molecule has 0 aromatic heterocycles. The van der Waals surface area contributed by atoms with Crippen LogP contribution in [0.3, 0.4) is 0 Å². The number of carbonyl (C=O) groups excluding carboxylic acids is 1. The van der Waals surface area contributed by atoms with Crippen LogP contribution in [0.25, 0.3) is 0 Å². The first-order chi connectivity index (χ1) is 6.56. The SMILES string of the molecule is CCOC(=O)c1cc(F)c(O)cc1Br. The van der Waals surface area contributed by atoms with Gasteiger partial charge in [-0.1, -0.05) is 0 Å². The number of benzene rings is 1. The van der Waals surface area contributed by atoms with Crippen molar-refractivity contribution in [3.05, 3.63) is 28.0 Å². The predicted octanol–water partition coefficient (Wildman–Crippen LogP) is 2.47. The van der Waals surface area contributed by atoms with Crippen LogP contribution in [-0.2, 0) is 4.74 Å². The number of hydrogen-bond acceptors (Lipinski definition) is 3. The van der Waals surface area contributed by atoms with E-state index < -0.39 is 17.5 Å². The van der Waals surface area contributed by atoms with Crippen molar-refractivity contribution in [1.29, 1.82) is 0 Å². The van der Waals surface area contributed by atoms with Crippen molar-refractivity contribution in [3.63, 3.8) is 0 Å². The molecule has 0 unspecified atom stereocenters. The summed E-state index contributed by atoms with van der Waals surface area (Å²) >= 11 is 3.02. The summed E-state index contributed by atoms with van der Waals surface area (Å²) < 4.78 is 17.9. The summed E-state index contributed by atoms with van der Waals surface area (Å²) in [4.78, 5) is 11.2. The van der Waals surface area contributed by atoms with Gasteiger partial charge in [-0.3, -0.25) is 0 Å². The third kappa shape index (κ3) is 2.23. The number of carbonyl (C=O) groups is 1. The molecule has 0 fully saturated rings. The average Bonchev–Trinajstić information content (AvgIpc) is 2.11. The number of hydrogen-bond donors (Lipinski definition) is 1. The van der Waals surface area contributed by atoms with Crippen LogP contribution >= 0.6 is 15.9 Å². The highest BCUT2D eigenvalue weighted by Crippen LogP contribution is 2.25. The molecule has 0 aliphatic heterocycles. The van der Waals surface area contributed by atoms with Crippen LogP contribution in [0.1, 0.15) is 17.3 Å². The highest BCUT2D eigenvalue weighted by molar-refractivity contribution is 9.10. The summed E-state index contributed by atoms with van der Waals surface area (Å²) in [5, 5.41) is 8.98. The second kappa shape index (κ2) is 4.41. The summed E-state index contributed by atoms with van der Waals surface area (Å²) in [7, 11) is 0. The largest absolute Gasteiger partial charge is 0.505 e. The molecule has 1 N–H and O–H groups in total. The monoisotopic (exact) mass is 262 g/mol. The van der Waals surface area contributed by atoms with Gasteiger partial charge >= 0.3 is 5.97 Å². The molecule has 5 heteroatoms. The van der Waals surface area contributed by atoms with Crippen LogP contribution < -0.4 is 0 Å². The van der Waals surface area contributed by atoms with Crippen LogP contribution in [0.4, 0.5) is 4.39 Å². The molecule has 76 valence electrons. The minimum absolute atomic E-state index is 0.0575. The first-order valence-corrected chi connectivity index (χ1v) is 4.70. The van der Waals surface area contributed by atoms with Crippen LogP contribution in [0.5, 0.6) is 5.75 Å². The van der Waals surface area contributed by atoms with E-state index in [1.54, 1.807) is 6.92 Å². The fraction of sp³-hybridized carbons (Fsp3) is 0.222. The van der Waals surface area contributed by atoms with Gasteiger partial charge < -0.3 is 9.84 Å². The van der Waals surface area contributed by atoms with E-state index >= 15 is 0 Å². The molecule has 0 heterocycles. The third-order valence-electron chi connectivity index (χ3n) is 1.53. The molecule has 3 nitrogen and oxygen atoms in total. The van der Waals surface area contributed by atoms with Crippen LogP contribution in [0.15, 0.2) is 16.6 Å². The first-order valence-electron chi connectivity index (χ1n) is 3.91. The standard InChI is InChI=1S/C9H8BrFO3/c1-2-14-9(13)5-3-7(11)8(12)4-6(5)10/h3-4,12H,2H2,1H3. The molecule has 0 bridgehead atoms. The Hall–Kier alpha value is -1.10. The number of halogens is 2. The lowest BCUT2D eigenvalue weighted by Gasteiger charge is -2.05. The number of ether oxygens (including phenoxy) is 1. The Balaban J connectivity index is 3.09. The zero-order chi connectivity index (χ0) is 10.7. The van der Waals surface area contributed by atoms with Crippen molar-refractivity contribution in [3.8, 4) is 5.75 Å². The molecular formula is C9H8BrFO3. The number of aromatic hydroxyl groups is 1. The second-order valence-corrected chi connectivity index (χ2v) is 3.36. The van der Waals surface area contributed by atoms with Gasteiger partial charge in [0.2, 0.25) is 0 Å². The lowest BCUT2D eigenvalue weighted by Crippen LogP contribution is -2.05. The maximum Gasteiger partial charge on any atom is 0.339 e. The van der Waals surface area contributed by atoms with Crippen LogP contribution in [-0.4, -0.2) is 17.7 Å². The molecule has 0 aliphatic carbocycles. The van der Waals surface area contributed by atoms with Crippen molar-refractivity contribution in [2.24, 2.45) is 0 Å². The van der Waals surface area contributed by atoms with Gasteiger partial charge in [-0.25, -0.2) is 9.18 Å². The average molecular weight is 263 g/mol. The Labute approximate surface area is 88.6 Å². The topological polar surface area (TPSA) is 46.5 Å². The molecular weight excluding hydrogens is 255 g/mol. The van der Waals surface area contributed by atoms with Gasteiger partial charge in [0.25, 0.3) is 0 Å². The highest BCUT2D eigenvalue weighted by atomic mass is 79.9. The maximum atomic E-state index is 12.9. The molecule has 0 radical (unpaired) electrons. The number of phenols is 1. The Bertz CT molecular complexity index is 365. The minimum atomic E-state index is -0.851. The number of phenolic OH excluding ortho intramolecular Hbond substituents is 1. The van der Waals surface area contributed by atoms with Crippen LogP contribution in [0, 0.1) is 5.82 Å². The first kappa shape index (κ1) is 11.0.